The molecular weight excluding hydrogens is 406 g/mol. The number of sulfonamides is 1. The fraction of sp³-hybridized carbons (Fsp3) is 0.333. The molecular formula is C21H23N3O5S. The number of amides is 2. The van der Waals surface area contributed by atoms with Gasteiger partial charge in [-0.2, -0.15) is 4.31 Å². The van der Waals surface area contributed by atoms with Crippen LogP contribution < -0.4 is 15.4 Å². The molecule has 0 radical (unpaired) electrons. The molecule has 2 heterocycles. The van der Waals surface area contributed by atoms with E-state index in [9.17, 15) is 18.0 Å². The van der Waals surface area contributed by atoms with E-state index in [1.807, 2.05) is 25.1 Å². The van der Waals surface area contributed by atoms with Gasteiger partial charge in [0.1, 0.15) is 11.8 Å². The number of hydrogen-bond acceptors (Lipinski definition) is 5. The van der Waals surface area contributed by atoms with Crippen molar-refractivity contribution in [3.05, 3.63) is 48.0 Å². The van der Waals surface area contributed by atoms with E-state index in [1.165, 1.54) is 22.5 Å². The van der Waals surface area contributed by atoms with E-state index in [4.69, 9.17) is 4.74 Å². The Morgan fingerprint density at radius 2 is 2.10 bits per heavy atom. The van der Waals surface area contributed by atoms with Gasteiger partial charge in [-0.05, 0) is 55.2 Å². The van der Waals surface area contributed by atoms with E-state index >= 15 is 0 Å². The van der Waals surface area contributed by atoms with Crippen molar-refractivity contribution < 1.29 is 22.7 Å². The van der Waals surface area contributed by atoms with E-state index in [0.717, 1.165) is 12.0 Å². The molecule has 158 valence electrons. The summed E-state index contributed by atoms with van der Waals surface area (Å²) in [5, 5.41) is 5.46. The minimum atomic E-state index is -3.92. The Morgan fingerprint density at radius 3 is 2.90 bits per heavy atom. The molecule has 2 N–H and O–H groups in total. The van der Waals surface area contributed by atoms with Crippen molar-refractivity contribution in [3.63, 3.8) is 0 Å². The van der Waals surface area contributed by atoms with Gasteiger partial charge in [0, 0.05) is 12.2 Å². The molecule has 0 saturated carbocycles. The molecule has 30 heavy (non-hydrogen) atoms. The van der Waals surface area contributed by atoms with E-state index in [-0.39, 0.29) is 29.9 Å². The molecule has 8 nitrogen and oxygen atoms in total. The summed E-state index contributed by atoms with van der Waals surface area (Å²) in [6.45, 7) is 2.18. The third-order valence-corrected chi connectivity index (χ3v) is 7.20. The topological polar surface area (TPSA) is 105 Å². The van der Waals surface area contributed by atoms with Crippen LogP contribution in [-0.2, 0) is 26.0 Å². The van der Waals surface area contributed by atoms with Gasteiger partial charge in [0.2, 0.25) is 15.9 Å². The van der Waals surface area contributed by atoms with Gasteiger partial charge in [0.05, 0.1) is 10.6 Å². The third-order valence-electron chi connectivity index (χ3n) is 5.30. The smallest absolute Gasteiger partial charge is 0.262 e. The Kier molecular flexibility index (Phi) is 5.48. The van der Waals surface area contributed by atoms with E-state index < -0.39 is 16.1 Å². The highest BCUT2D eigenvalue weighted by molar-refractivity contribution is 7.89. The van der Waals surface area contributed by atoms with Crippen molar-refractivity contribution in [1.82, 2.24) is 4.31 Å². The number of rotatable bonds is 5. The van der Waals surface area contributed by atoms with Gasteiger partial charge in [-0.15, -0.1) is 0 Å². The van der Waals surface area contributed by atoms with Gasteiger partial charge in [-0.25, -0.2) is 8.42 Å². The molecule has 1 unspecified atom stereocenters. The number of nitrogens with one attached hydrogen (secondary N) is 2. The van der Waals surface area contributed by atoms with Crippen LogP contribution in [0.5, 0.6) is 5.75 Å². The fourth-order valence-corrected chi connectivity index (χ4v) is 5.43. The Balaban J connectivity index is 1.57. The SMILES string of the molecule is CCc1cccc(NC(=O)C2CCCN2S(=O)(=O)c2ccc3c(c2)NC(=O)CO3)c1. The first kappa shape index (κ1) is 20.4. The van der Waals surface area contributed by atoms with Gasteiger partial charge in [-0.3, -0.25) is 9.59 Å². The van der Waals surface area contributed by atoms with Crippen molar-refractivity contribution in [3.8, 4) is 5.75 Å². The van der Waals surface area contributed by atoms with Gasteiger partial charge >= 0.3 is 0 Å². The Morgan fingerprint density at radius 1 is 1.27 bits per heavy atom. The highest BCUT2D eigenvalue weighted by Gasteiger charge is 2.40. The number of hydrogen-bond donors (Lipinski definition) is 2. The van der Waals surface area contributed by atoms with Crippen molar-refractivity contribution in [2.24, 2.45) is 0 Å². The zero-order valence-electron chi connectivity index (χ0n) is 16.6. The largest absolute Gasteiger partial charge is 0.482 e. The average Bonchev–Trinajstić information content (AvgIpc) is 3.24. The first-order chi connectivity index (χ1) is 14.4. The number of anilines is 2. The van der Waals surface area contributed by atoms with Crippen molar-refractivity contribution in [2.75, 3.05) is 23.8 Å². The van der Waals surface area contributed by atoms with Crippen LogP contribution in [0.15, 0.2) is 47.4 Å². The standard InChI is InChI=1S/C21H23N3O5S/c1-2-14-5-3-6-15(11-14)22-21(26)18-7-4-10-24(18)30(27,28)16-8-9-19-17(12-16)23-20(25)13-29-19/h3,5-6,8-9,11-12,18H,2,4,7,10,13H2,1H3,(H,22,26)(H,23,25). The lowest BCUT2D eigenvalue weighted by molar-refractivity contribution is -0.119. The molecule has 0 spiro atoms. The average molecular weight is 429 g/mol. The summed E-state index contributed by atoms with van der Waals surface area (Å²) in [6, 6.07) is 11.0. The molecule has 2 amide bonds. The van der Waals surface area contributed by atoms with Crippen LogP contribution in [0.1, 0.15) is 25.3 Å². The lowest BCUT2D eigenvalue weighted by Crippen LogP contribution is -2.43. The predicted molar refractivity (Wildman–Crippen MR) is 112 cm³/mol. The number of ether oxygens (including phenoxy) is 1. The highest BCUT2D eigenvalue weighted by atomic mass is 32.2. The van der Waals surface area contributed by atoms with Crippen LogP contribution in [0.3, 0.4) is 0 Å². The summed E-state index contributed by atoms with van der Waals surface area (Å²) in [5.41, 5.74) is 2.04. The van der Waals surface area contributed by atoms with Crippen molar-refractivity contribution in [2.45, 2.75) is 37.1 Å². The van der Waals surface area contributed by atoms with Crippen LogP contribution in [0.25, 0.3) is 0 Å². The second kappa shape index (κ2) is 8.08. The van der Waals surface area contributed by atoms with Gasteiger partial charge in [0.25, 0.3) is 5.91 Å². The zero-order valence-corrected chi connectivity index (χ0v) is 17.4. The quantitative estimate of drug-likeness (QED) is 0.759. The minimum Gasteiger partial charge on any atom is -0.482 e. The first-order valence-corrected chi connectivity index (χ1v) is 11.3. The van der Waals surface area contributed by atoms with Crippen molar-refractivity contribution >= 4 is 33.2 Å². The maximum atomic E-state index is 13.3. The molecule has 9 heteroatoms. The lowest BCUT2D eigenvalue weighted by atomic mass is 10.1. The number of benzene rings is 2. The van der Waals surface area contributed by atoms with Crippen LogP contribution in [-0.4, -0.2) is 43.7 Å². The Labute approximate surface area is 175 Å². The molecule has 0 aliphatic carbocycles. The molecule has 2 aromatic carbocycles. The molecule has 2 aliphatic heterocycles. The minimum absolute atomic E-state index is 0.0136. The van der Waals surface area contributed by atoms with Gasteiger partial charge in [-0.1, -0.05) is 19.1 Å². The summed E-state index contributed by atoms with van der Waals surface area (Å²) in [6.07, 6.45) is 1.88. The summed E-state index contributed by atoms with van der Waals surface area (Å²) < 4.78 is 33.0. The van der Waals surface area contributed by atoms with E-state index in [1.54, 1.807) is 6.07 Å². The number of carbonyl (C=O) groups is 2. The Hall–Kier alpha value is -2.91. The first-order valence-electron chi connectivity index (χ1n) is 9.87. The molecule has 4 rings (SSSR count). The molecule has 1 saturated heterocycles. The van der Waals surface area contributed by atoms with Gasteiger partial charge < -0.3 is 15.4 Å². The van der Waals surface area contributed by atoms with Crippen LogP contribution in [0, 0.1) is 0 Å². The zero-order chi connectivity index (χ0) is 21.3. The van der Waals surface area contributed by atoms with Crippen LogP contribution in [0.2, 0.25) is 0 Å². The molecule has 1 atom stereocenters. The summed E-state index contributed by atoms with van der Waals surface area (Å²) >= 11 is 0. The summed E-state index contributed by atoms with van der Waals surface area (Å²) in [7, 11) is -3.92. The Bertz CT molecular complexity index is 1100. The fourth-order valence-electron chi connectivity index (χ4n) is 3.74. The van der Waals surface area contributed by atoms with Crippen molar-refractivity contribution in [1.29, 1.82) is 0 Å². The van der Waals surface area contributed by atoms with Crippen LogP contribution >= 0.6 is 0 Å². The lowest BCUT2D eigenvalue weighted by Gasteiger charge is -2.24. The van der Waals surface area contributed by atoms with Gasteiger partial charge in [0.15, 0.2) is 6.61 Å². The molecule has 2 aliphatic rings. The maximum absolute atomic E-state index is 13.3. The second-order valence-corrected chi connectivity index (χ2v) is 9.20. The normalized spacial score (nSPS) is 19.0. The third kappa shape index (κ3) is 3.90. The number of fused-ring (bicyclic) bond motifs is 1. The molecule has 0 aromatic heterocycles. The number of aryl methyl sites for hydroxylation is 1. The second-order valence-electron chi connectivity index (χ2n) is 7.31. The van der Waals surface area contributed by atoms with Crippen LogP contribution in [0.4, 0.5) is 11.4 Å². The summed E-state index contributed by atoms with van der Waals surface area (Å²) in [4.78, 5) is 24.5. The molecule has 2 aromatic rings. The number of nitrogens with zero attached hydrogens (tertiary/aromatic N) is 1. The summed E-state index contributed by atoms with van der Waals surface area (Å²) in [5.74, 6) is -0.274. The predicted octanol–water partition coefficient (Wildman–Crippen LogP) is 2.37. The molecule has 1 fully saturated rings. The van der Waals surface area contributed by atoms with E-state index in [2.05, 4.69) is 10.6 Å². The monoisotopic (exact) mass is 429 g/mol. The molecule has 0 bridgehead atoms. The van der Waals surface area contributed by atoms with E-state index in [0.29, 0.717) is 30.0 Å². The maximum Gasteiger partial charge on any atom is 0.262 e. The number of carbonyl (C=O) groups excluding carboxylic acids is 2. The highest BCUT2D eigenvalue weighted by Crippen LogP contribution is 2.33.